The number of nitrogens with one attached hydrogen (secondary N) is 1. The van der Waals surface area contributed by atoms with Crippen molar-refractivity contribution in [2.24, 2.45) is 0 Å². The average Bonchev–Trinajstić information content (AvgIpc) is 2.91. The SMILES string of the molecule is COc1ccc(CN(CC2CCCN2)C(C)C)cc1Cl. The Kier molecular flexibility index (Phi) is 5.70. The van der Waals surface area contributed by atoms with Gasteiger partial charge in [-0.2, -0.15) is 0 Å². The highest BCUT2D eigenvalue weighted by atomic mass is 35.5. The van der Waals surface area contributed by atoms with Crippen LogP contribution in [-0.4, -0.2) is 37.2 Å². The quantitative estimate of drug-likeness (QED) is 0.871. The molecule has 0 amide bonds. The fourth-order valence-electron chi connectivity index (χ4n) is 2.70. The minimum absolute atomic E-state index is 0.526. The second kappa shape index (κ2) is 7.30. The molecule has 1 aromatic carbocycles. The van der Waals surface area contributed by atoms with Crippen LogP contribution in [-0.2, 0) is 6.54 Å². The third kappa shape index (κ3) is 4.11. The number of hydrogen-bond donors (Lipinski definition) is 1. The fraction of sp³-hybridized carbons (Fsp3) is 0.625. The number of halogens is 1. The maximum Gasteiger partial charge on any atom is 0.137 e. The lowest BCUT2D eigenvalue weighted by atomic mass is 10.1. The molecule has 0 radical (unpaired) electrons. The first kappa shape index (κ1) is 15.6. The first-order valence-corrected chi connectivity index (χ1v) is 7.77. The topological polar surface area (TPSA) is 24.5 Å². The smallest absolute Gasteiger partial charge is 0.137 e. The Bertz CT molecular complexity index is 430. The van der Waals surface area contributed by atoms with Gasteiger partial charge in [-0.3, -0.25) is 4.90 Å². The molecule has 0 spiro atoms. The molecule has 0 aromatic heterocycles. The number of methoxy groups -OCH3 is 1. The lowest BCUT2D eigenvalue weighted by molar-refractivity contribution is 0.194. The molecule has 0 saturated carbocycles. The monoisotopic (exact) mass is 296 g/mol. The summed E-state index contributed by atoms with van der Waals surface area (Å²) in [6.07, 6.45) is 2.58. The van der Waals surface area contributed by atoms with E-state index in [0.717, 1.165) is 25.4 Å². The largest absolute Gasteiger partial charge is 0.495 e. The number of rotatable bonds is 6. The van der Waals surface area contributed by atoms with Crippen molar-refractivity contribution >= 4 is 11.6 Å². The van der Waals surface area contributed by atoms with E-state index in [1.54, 1.807) is 7.11 Å². The summed E-state index contributed by atoms with van der Waals surface area (Å²) < 4.78 is 5.20. The Labute approximate surface area is 127 Å². The molecule has 1 aliphatic rings. The summed E-state index contributed by atoms with van der Waals surface area (Å²) in [6.45, 7) is 7.69. The molecule has 1 fully saturated rings. The molecule has 1 N–H and O–H groups in total. The summed E-state index contributed by atoms with van der Waals surface area (Å²) in [7, 11) is 1.65. The maximum atomic E-state index is 6.21. The zero-order valence-electron chi connectivity index (χ0n) is 12.7. The predicted octanol–water partition coefficient (Wildman–Crippen LogP) is 3.31. The van der Waals surface area contributed by atoms with Crippen LogP contribution < -0.4 is 10.1 Å². The lowest BCUT2D eigenvalue weighted by Gasteiger charge is -2.29. The first-order chi connectivity index (χ1) is 9.60. The minimum Gasteiger partial charge on any atom is -0.495 e. The highest BCUT2D eigenvalue weighted by Crippen LogP contribution is 2.26. The molecule has 1 heterocycles. The van der Waals surface area contributed by atoms with Gasteiger partial charge in [0.05, 0.1) is 12.1 Å². The zero-order chi connectivity index (χ0) is 14.5. The molecule has 112 valence electrons. The standard InChI is InChI=1S/C16H25ClN2O/c1-12(2)19(11-14-5-4-8-18-14)10-13-6-7-16(20-3)15(17)9-13/h6-7,9,12,14,18H,4-5,8,10-11H2,1-3H3. The maximum absolute atomic E-state index is 6.21. The summed E-state index contributed by atoms with van der Waals surface area (Å²) in [5, 5.41) is 4.26. The van der Waals surface area contributed by atoms with E-state index < -0.39 is 0 Å². The van der Waals surface area contributed by atoms with E-state index in [-0.39, 0.29) is 0 Å². The van der Waals surface area contributed by atoms with Crippen molar-refractivity contribution in [3.63, 3.8) is 0 Å². The van der Waals surface area contributed by atoms with Gasteiger partial charge in [0.25, 0.3) is 0 Å². The van der Waals surface area contributed by atoms with Crippen molar-refractivity contribution in [3.05, 3.63) is 28.8 Å². The van der Waals surface area contributed by atoms with Crippen molar-refractivity contribution in [1.29, 1.82) is 0 Å². The van der Waals surface area contributed by atoms with Gasteiger partial charge in [-0.25, -0.2) is 0 Å². The molecule has 2 rings (SSSR count). The van der Waals surface area contributed by atoms with Crippen molar-refractivity contribution in [3.8, 4) is 5.75 Å². The van der Waals surface area contributed by atoms with Crippen molar-refractivity contribution in [2.45, 2.75) is 45.3 Å². The van der Waals surface area contributed by atoms with Gasteiger partial charge >= 0.3 is 0 Å². The van der Waals surface area contributed by atoms with Gasteiger partial charge in [-0.15, -0.1) is 0 Å². The van der Waals surface area contributed by atoms with Gasteiger partial charge in [-0.1, -0.05) is 17.7 Å². The normalized spacial score (nSPS) is 19.0. The van der Waals surface area contributed by atoms with E-state index in [0.29, 0.717) is 17.1 Å². The number of nitrogens with zero attached hydrogens (tertiary/aromatic N) is 1. The Balaban J connectivity index is 2.01. The van der Waals surface area contributed by atoms with Crippen LogP contribution in [0.5, 0.6) is 5.75 Å². The molecule has 0 bridgehead atoms. The molecule has 1 aliphatic heterocycles. The minimum atomic E-state index is 0.526. The van der Waals surface area contributed by atoms with Gasteiger partial charge in [-0.05, 0) is 50.9 Å². The van der Waals surface area contributed by atoms with E-state index in [1.165, 1.54) is 18.4 Å². The van der Waals surface area contributed by atoms with Crippen LogP contribution in [0.15, 0.2) is 18.2 Å². The van der Waals surface area contributed by atoms with E-state index in [4.69, 9.17) is 16.3 Å². The molecule has 20 heavy (non-hydrogen) atoms. The lowest BCUT2D eigenvalue weighted by Crippen LogP contribution is -2.40. The van der Waals surface area contributed by atoms with Crippen LogP contribution in [0.3, 0.4) is 0 Å². The van der Waals surface area contributed by atoms with Gasteiger partial charge in [0.15, 0.2) is 0 Å². The Hall–Kier alpha value is -0.770. The second-order valence-electron chi connectivity index (χ2n) is 5.79. The summed E-state index contributed by atoms with van der Waals surface area (Å²) >= 11 is 6.21. The Morgan fingerprint density at radius 2 is 2.25 bits per heavy atom. The van der Waals surface area contributed by atoms with Crippen molar-refractivity contribution < 1.29 is 4.74 Å². The van der Waals surface area contributed by atoms with E-state index in [9.17, 15) is 0 Å². The molecule has 1 saturated heterocycles. The molecule has 3 nitrogen and oxygen atoms in total. The highest BCUT2D eigenvalue weighted by molar-refractivity contribution is 6.32. The highest BCUT2D eigenvalue weighted by Gasteiger charge is 2.20. The van der Waals surface area contributed by atoms with Gasteiger partial charge in [0, 0.05) is 25.2 Å². The molecule has 1 aromatic rings. The van der Waals surface area contributed by atoms with Gasteiger partial charge < -0.3 is 10.1 Å². The molecule has 4 heteroatoms. The molecule has 0 aliphatic carbocycles. The van der Waals surface area contributed by atoms with Crippen LogP contribution in [0.1, 0.15) is 32.3 Å². The van der Waals surface area contributed by atoms with Crippen LogP contribution in [0.4, 0.5) is 0 Å². The first-order valence-electron chi connectivity index (χ1n) is 7.40. The van der Waals surface area contributed by atoms with Crippen LogP contribution in [0.25, 0.3) is 0 Å². The number of ether oxygens (including phenoxy) is 1. The molecular formula is C16H25ClN2O. The third-order valence-electron chi connectivity index (χ3n) is 3.95. The average molecular weight is 297 g/mol. The molecule has 1 atom stereocenters. The number of hydrogen-bond acceptors (Lipinski definition) is 3. The van der Waals surface area contributed by atoms with E-state index in [2.05, 4.69) is 30.1 Å². The predicted molar refractivity (Wildman–Crippen MR) is 84.6 cm³/mol. The second-order valence-corrected chi connectivity index (χ2v) is 6.19. The van der Waals surface area contributed by atoms with Gasteiger partial charge in [0.1, 0.15) is 5.75 Å². The Morgan fingerprint density at radius 3 is 2.80 bits per heavy atom. The van der Waals surface area contributed by atoms with Crippen molar-refractivity contribution in [1.82, 2.24) is 10.2 Å². The van der Waals surface area contributed by atoms with Crippen molar-refractivity contribution in [2.75, 3.05) is 20.2 Å². The molecular weight excluding hydrogens is 272 g/mol. The van der Waals surface area contributed by atoms with E-state index >= 15 is 0 Å². The third-order valence-corrected chi connectivity index (χ3v) is 4.24. The summed E-state index contributed by atoms with van der Waals surface area (Å²) in [5.74, 6) is 0.740. The number of benzene rings is 1. The van der Waals surface area contributed by atoms with Crippen LogP contribution in [0.2, 0.25) is 5.02 Å². The zero-order valence-corrected chi connectivity index (χ0v) is 13.4. The summed E-state index contributed by atoms with van der Waals surface area (Å²) in [6, 6.07) is 7.22. The fourth-order valence-corrected chi connectivity index (χ4v) is 2.98. The summed E-state index contributed by atoms with van der Waals surface area (Å²) in [5.41, 5.74) is 1.24. The summed E-state index contributed by atoms with van der Waals surface area (Å²) in [4.78, 5) is 2.50. The Morgan fingerprint density at radius 1 is 1.45 bits per heavy atom. The molecule has 1 unspecified atom stereocenters. The van der Waals surface area contributed by atoms with Gasteiger partial charge in [0.2, 0.25) is 0 Å². The van der Waals surface area contributed by atoms with Crippen LogP contribution >= 0.6 is 11.6 Å². The van der Waals surface area contributed by atoms with Crippen LogP contribution in [0, 0.1) is 0 Å². The van der Waals surface area contributed by atoms with E-state index in [1.807, 2.05) is 12.1 Å².